The third-order valence-corrected chi connectivity index (χ3v) is 8.54. The van der Waals surface area contributed by atoms with Gasteiger partial charge >= 0.3 is 0 Å². The van der Waals surface area contributed by atoms with Crippen molar-refractivity contribution in [3.8, 4) is 11.3 Å². The minimum Gasteiger partial charge on any atom is -0.382 e. The van der Waals surface area contributed by atoms with Crippen LogP contribution in [0.25, 0.3) is 11.3 Å². The third kappa shape index (κ3) is 4.58. The molecule has 1 atom stereocenters. The van der Waals surface area contributed by atoms with Gasteiger partial charge in [-0.3, -0.25) is 34.1 Å². The number of nitrogens with zero attached hydrogens (tertiary/aromatic N) is 4. The number of benzene rings is 1. The fourth-order valence-corrected chi connectivity index (χ4v) is 6.14. The molecule has 4 amide bonds. The molecule has 7 rings (SSSR count). The lowest BCUT2D eigenvalue weighted by molar-refractivity contribution is -0.136. The number of halogens is 1. The van der Waals surface area contributed by atoms with E-state index in [9.17, 15) is 23.6 Å². The highest BCUT2D eigenvalue weighted by Gasteiger charge is 2.44. The van der Waals surface area contributed by atoms with Crippen LogP contribution in [0, 0.1) is 18.7 Å². The minimum atomic E-state index is -0.977. The van der Waals surface area contributed by atoms with E-state index in [1.54, 1.807) is 31.2 Å². The Kier molecular flexibility index (Phi) is 5.98. The second-order valence-corrected chi connectivity index (χ2v) is 11.6. The summed E-state index contributed by atoms with van der Waals surface area (Å²) in [6, 6.07) is 7.50. The Morgan fingerprint density at radius 2 is 1.78 bits per heavy atom. The molecule has 3 aromatic rings. The quantitative estimate of drug-likeness (QED) is 0.426. The Morgan fingerprint density at radius 1 is 1.00 bits per heavy atom. The maximum Gasteiger partial charge on any atom is 0.262 e. The Morgan fingerprint density at radius 3 is 2.51 bits per heavy atom. The summed E-state index contributed by atoms with van der Waals surface area (Å²) in [4.78, 5) is 55.3. The number of anilines is 1. The molecule has 1 aromatic carbocycles. The van der Waals surface area contributed by atoms with E-state index in [4.69, 9.17) is 5.10 Å². The predicted octanol–water partition coefficient (Wildman–Crippen LogP) is 3.56. The van der Waals surface area contributed by atoms with Gasteiger partial charge in [0.2, 0.25) is 11.8 Å². The number of imide groups is 2. The van der Waals surface area contributed by atoms with Crippen LogP contribution in [0.2, 0.25) is 0 Å². The van der Waals surface area contributed by atoms with Crippen molar-refractivity contribution in [1.82, 2.24) is 25.0 Å². The molecule has 0 radical (unpaired) electrons. The van der Waals surface area contributed by atoms with Crippen LogP contribution in [0.15, 0.2) is 36.5 Å². The van der Waals surface area contributed by atoms with E-state index >= 15 is 0 Å². The van der Waals surface area contributed by atoms with Gasteiger partial charge in [0.1, 0.15) is 11.9 Å². The highest BCUT2D eigenvalue weighted by molar-refractivity contribution is 6.23. The van der Waals surface area contributed by atoms with Crippen molar-refractivity contribution in [2.24, 2.45) is 5.92 Å². The molecule has 210 valence electrons. The highest BCUT2D eigenvalue weighted by Crippen LogP contribution is 2.44. The fourth-order valence-electron chi connectivity index (χ4n) is 6.14. The molecule has 0 spiro atoms. The number of fused-ring (bicyclic) bond motifs is 1. The van der Waals surface area contributed by atoms with Crippen molar-refractivity contribution in [1.29, 1.82) is 0 Å². The summed E-state index contributed by atoms with van der Waals surface area (Å²) >= 11 is 0. The Hall–Kier alpha value is -4.41. The summed E-state index contributed by atoms with van der Waals surface area (Å²) in [5.41, 5.74) is 4.44. The van der Waals surface area contributed by atoms with Gasteiger partial charge in [0.25, 0.3) is 11.8 Å². The number of aromatic nitrogens is 3. The van der Waals surface area contributed by atoms with E-state index in [1.165, 1.54) is 6.07 Å². The van der Waals surface area contributed by atoms with Crippen LogP contribution in [-0.4, -0.2) is 55.4 Å². The largest absolute Gasteiger partial charge is 0.382 e. The molecular formula is C30H29FN6O4. The lowest BCUT2D eigenvalue weighted by Gasteiger charge is -2.36. The first-order chi connectivity index (χ1) is 19.7. The first-order valence-electron chi connectivity index (χ1n) is 14.1. The van der Waals surface area contributed by atoms with Gasteiger partial charge in [0, 0.05) is 42.4 Å². The summed E-state index contributed by atoms with van der Waals surface area (Å²) in [5, 5.41) is 10.6. The summed E-state index contributed by atoms with van der Waals surface area (Å²) in [7, 11) is 0. The number of hydrogen-bond donors (Lipinski definition) is 2. The monoisotopic (exact) mass is 556 g/mol. The first kappa shape index (κ1) is 25.6. The van der Waals surface area contributed by atoms with Crippen LogP contribution < -0.4 is 10.6 Å². The van der Waals surface area contributed by atoms with Crippen molar-refractivity contribution < 1.29 is 23.6 Å². The molecule has 2 N–H and O–H groups in total. The molecule has 4 aliphatic rings. The number of carbonyl (C=O) groups excluding carboxylic acids is 4. The van der Waals surface area contributed by atoms with Gasteiger partial charge in [-0.1, -0.05) is 0 Å². The standard InChI is InChI=1S/C30H29FN6O4/c1-15-23(31)6-7-24(32-15)22-14-36(35-27(22)17-2-3-17)13-16-10-19(11-16)33-18-4-5-20-21(12-18)30(41)37(29(20)40)25-8-9-26(38)34-28(25)39/h4-7,12,14,16-17,19,25,33H,2-3,8-11,13H2,1H3,(H,34,38,39)/t16-,19-,25?. The molecule has 11 heteroatoms. The molecule has 4 heterocycles. The van der Waals surface area contributed by atoms with Crippen molar-refractivity contribution in [2.45, 2.75) is 70.0 Å². The summed E-state index contributed by atoms with van der Waals surface area (Å²) in [5.74, 6) is -1.48. The zero-order valence-electron chi connectivity index (χ0n) is 22.5. The van der Waals surface area contributed by atoms with E-state index in [1.807, 2.05) is 10.9 Å². The molecule has 2 aliphatic heterocycles. The van der Waals surface area contributed by atoms with Crippen molar-refractivity contribution >= 4 is 29.3 Å². The van der Waals surface area contributed by atoms with Crippen LogP contribution in [-0.2, 0) is 16.1 Å². The average molecular weight is 557 g/mol. The Labute approximate surface area is 235 Å². The number of hydrogen-bond acceptors (Lipinski definition) is 7. The van der Waals surface area contributed by atoms with E-state index in [2.05, 4.69) is 15.6 Å². The van der Waals surface area contributed by atoms with Gasteiger partial charge in [0.05, 0.1) is 28.2 Å². The number of carbonyl (C=O) groups is 4. The average Bonchev–Trinajstić information content (AvgIpc) is 3.64. The van der Waals surface area contributed by atoms with Gasteiger partial charge in [0.15, 0.2) is 0 Å². The number of pyridine rings is 1. The minimum absolute atomic E-state index is 0.0873. The molecule has 2 aliphatic carbocycles. The maximum absolute atomic E-state index is 13.8. The van der Waals surface area contributed by atoms with Crippen LogP contribution in [0.5, 0.6) is 0 Å². The normalized spacial score (nSPS) is 23.9. The fraction of sp³-hybridized carbons (Fsp3) is 0.400. The summed E-state index contributed by atoms with van der Waals surface area (Å²) in [6.07, 6.45) is 6.32. The SMILES string of the molecule is Cc1nc(-c2cn(C[C@H]3C[C@H](Nc4ccc5c(c4)C(=O)N(C4CCC(=O)NC4=O)C5=O)C3)nc2C2CC2)ccc1F. The Bertz CT molecular complexity index is 1620. The second kappa shape index (κ2) is 9.60. The zero-order chi connectivity index (χ0) is 28.4. The molecule has 41 heavy (non-hydrogen) atoms. The molecule has 0 bridgehead atoms. The van der Waals surface area contributed by atoms with E-state index in [-0.39, 0.29) is 35.8 Å². The van der Waals surface area contributed by atoms with Crippen molar-refractivity contribution in [3.05, 3.63) is 64.9 Å². The molecule has 10 nitrogen and oxygen atoms in total. The molecule has 1 unspecified atom stereocenters. The van der Waals surface area contributed by atoms with Gasteiger partial charge in [-0.15, -0.1) is 0 Å². The van der Waals surface area contributed by atoms with E-state index in [0.717, 1.165) is 59.8 Å². The third-order valence-electron chi connectivity index (χ3n) is 8.54. The number of nitrogens with one attached hydrogen (secondary N) is 2. The highest BCUT2D eigenvalue weighted by atomic mass is 19.1. The molecule has 1 saturated heterocycles. The Balaban J connectivity index is 0.993. The number of rotatable bonds is 7. The van der Waals surface area contributed by atoms with E-state index < -0.39 is 29.7 Å². The topological polar surface area (TPSA) is 126 Å². The van der Waals surface area contributed by atoms with Crippen LogP contribution in [0.1, 0.15) is 76.5 Å². The maximum atomic E-state index is 13.8. The smallest absolute Gasteiger partial charge is 0.262 e. The van der Waals surface area contributed by atoms with Crippen molar-refractivity contribution in [2.75, 3.05) is 5.32 Å². The number of aryl methyl sites for hydroxylation is 1. The van der Waals surface area contributed by atoms with E-state index in [0.29, 0.717) is 17.5 Å². The van der Waals surface area contributed by atoms with Gasteiger partial charge in [-0.05, 0) is 75.3 Å². The lowest BCUT2D eigenvalue weighted by Crippen LogP contribution is -2.54. The molecule has 2 aromatic heterocycles. The van der Waals surface area contributed by atoms with Gasteiger partial charge in [-0.25, -0.2) is 9.37 Å². The van der Waals surface area contributed by atoms with Gasteiger partial charge < -0.3 is 5.32 Å². The summed E-state index contributed by atoms with van der Waals surface area (Å²) in [6.45, 7) is 2.45. The van der Waals surface area contributed by atoms with Gasteiger partial charge in [-0.2, -0.15) is 5.10 Å². The first-order valence-corrected chi connectivity index (χ1v) is 14.1. The molecule has 2 saturated carbocycles. The molecular weight excluding hydrogens is 527 g/mol. The number of piperidine rings is 1. The zero-order valence-corrected chi connectivity index (χ0v) is 22.5. The molecule has 3 fully saturated rings. The predicted molar refractivity (Wildman–Crippen MR) is 145 cm³/mol. The lowest BCUT2D eigenvalue weighted by atomic mass is 9.80. The van der Waals surface area contributed by atoms with Crippen molar-refractivity contribution in [3.63, 3.8) is 0 Å². The summed E-state index contributed by atoms with van der Waals surface area (Å²) < 4.78 is 15.8. The second-order valence-electron chi connectivity index (χ2n) is 11.6. The van der Waals surface area contributed by atoms with Crippen LogP contribution in [0.3, 0.4) is 0 Å². The van der Waals surface area contributed by atoms with Crippen LogP contribution in [0.4, 0.5) is 10.1 Å². The van der Waals surface area contributed by atoms with Crippen LogP contribution >= 0.6 is 0 Å². The number of amides is 4.